The largest absolute Gasteiger partial charge is 0.481 e. The number of carbonyl (C=O) groups excluding carboxylic acids is 1. The molecule has 36 heavy (non-hydrogen) atoms. The van der Waals surface area contributed by atoms with E-state index in [1.807, 2.05) is 0 Å². The van der Waals surface area contributed by atoms with Crippen molar-refractivity contribution in [2.75, 3.05) is 5.75 Å². The average Bonchev–Trinajstić information content (AvgIpc) is 2.78. The molecule has 1 N–H and O–H groups in total. The van der Waals surface area contributed by atoms with Gasteiger partial charge in [0.1, 0.15) is 18.0 Å². The van der Waals surface area contributed by atoms with Crippen LogP contribution >= 0.6 is 23.2 Å². The van der Waals surface area contributed by atoms with Crippen molar-refractivity contribution in [3.05, 3.63) is 69.5 Å². The minimum absolute atomic E-state index is 0.109. The monoisotopic (exact) mass is 559 g/mol. The van der Waals surface area contributed by atoms with E-state index in [0.717, 1.165) is 6.07 Å². The van der Waals surface area contributed by atoms with Gasteiger partial charge in [0.15, 0.2) is 9.84 Å². The smallest absolute Gasteiger partial charge is 0.306 e. The van der Waals surface area contributed by atoms with Gasteiger partial charge in [-0.25, -0.2) is 12.8 Å². The summed E-state index contributed by atoms with van der Waals surface area (Å²) in [4.78, 5) is 26.6. The average molecular weight is 560 g/mol. The number of amides is 1. The van der Waals surface area contributed by atoms with Crippen LogP contribution in [0, 0.1) is 5.82 Å². The molecule has 0 unspecified atom stereocenters. The third kappa shape index (κ3) is 6.56. The Morgan fingerprint density at radius 1 is 1.08 bits per heavy atom. The second-order valence-electron chi connectivity index (χ2n) is 9.14. The Kier molecular flexibility index (Phi) is 9.03. The molecule has 196 valence electrons. The molecule has 11 heteroatoms. The standard InChI is InChI=1S/C25H28Cl2FNO6S/c1-14(2)36(33,34)9-8-15(3)29-23(16-4-6-18(26)7-5-16)24(17-10-19(27)12-20(28)11-17)35-21(25(29)32)13-22(30)31/h4-7,10-12,14-15,21,23-24H,8-9,13H2,1-3H3,(H,30,31)/t15-,21-,23+,24+/m0/s1. The summed E-state index contributed by atoms with van der Waals surface area (Å²) in [7, 11) is -3.39. The Morgan fingerprint density at radius 2 is 1.72 bits per heavy atom. The number of benzene rings is 2. The number of ether oxygens (including phenoxy) is 1. The summed E-state index contributed by atoms with van der Waals surface area (Å²) in [6.45, 7) is 4.88. The van der Waals surface area contributed by atoms with Gasteiger partial charge < -0.3 is 14.7 Å². The molecule has 0 radical (unpaired) electrons. The molecule has 1 saturated heterocycles. The van der Waals surface area contributed by atoms with Crippen LogP contribution in [0.5, 0.6) is 0 Å². The van der Waals surface area contributed by atoms with Crippen LogP contribution in [0.1, 0.15) is 56.9 Å². The number of sulfone groups is 1. The molecule has 1 heterocycles. The number of carboxylic acid groups (broad SMARTS) is 1. The summed E-state index contributed by atoms with van der Waals surface area (Å²) in [5.41, 5.74) is 0.917. The van der Waals surface area contributed by atoms with Gasteiger partial charge in [0.2, 0.25) is 0 Å². The van der Waals surface area contributed by atoms with Crippen molar-refractivity contribution in [3.8, 4) is 0 Å². The summed E-state index contributed by atoms with van der Waals surface area (Å²) in [6.07, 6.45) is -2.83. The lowest BCUT2D eigenvalue weighted by molar-refractivity contribution is -0.182. The number of hydrogen-bond acceptors (Lipinski definition) is 5. The maximum atomic E-state index is 14.3. The topological polar surface area (TPSA) is 101 Å². The van der Waals surface area contributed by atoms with Crippen LogP contribution in [-0.4, -0.2) is 53.4 Å². The zero-order valence-electron chi connectivity index (χ0n) is 20.0. The van der Waals surface area contributed by atoms with E-state index in [4.69, 9.17) is 27.9 Å². The number of hydrogen-bond donors (Lipinski definition) is 1. The minimum Gasteiger partial charge on any atom is -0.481 e. The molecule has 0 aliphatic carbocycles. The molecule has 1 amide bonds. The second kappa shape index (κ2) is 11.5. The zero-order valence-corrected chi connectivity index (χ0v) is 22.4. The third-order valence-corrected chi connectivity index (χ3v) is 8.94. The second-order valence-corrected chi connectivity index (χ2v) is 12.7. The fourth-order valence-electron chi connectivity index (χ4n) is 4.25. The summed E-state index contributed by atoms with van der Waals surface area (Å²) in [6, 6.07) is 9.06. The number of aliphatic carboxylic acids is 1. The zero-order chi connectivity index (χ0) is 26.8. The molecule has 1 aliphatic heterocycles. The highest BCUT2D eigenvalue weighted by Crippen LogP contribution is 2.44. The number of carbonyl (C=O) groups is 2. The Morgan fingerprint density at radius 3 is 2.28 bits per heavy atom. The van der Waals surface area contributed by atoms with Gasteiger partial charge in [-0.15, -0.1) is 0 Å². The van der Waals surface area contributed by atoms with Crippen molar-refractivity contribution in [2.24, 2.45) is 0 Å². The highest BCUT2D eigenvalue weighted by Gasteiger charge is 2.46. The van der Waals surface area contributed by atoms with Crippen LogP contribution in [0.25, 0.3) is 0 Å². The minimum atomic E-state index is -3.39. The summed E-state index contributed by atoms with van der Waals surface area (Å²) >= 11 is 12.2. The van der Waals surface area contributed by atoms with E-state index in [1.54, 1.807) is 45.0 Å². The summed E-state index contributed by atoms with van der Waals surface area (Å²) < 4.78 is 45.3. The van der Waals surface area contributed by atoms with Crippen LogP contribution in [0.2, 0.25) is 10.0 Å². The van der Waals surface area contributed by atoms with Gasteiger partial charge >= 0.3 is 5.97 Å². The molecule has 4 atom stereocenters. The molecule has 3 rings (SSSR count). The summed E-state index contributed by atoms with van der Waals surface area (Å²) in [5.74, 6) is -2.62. The number of nitrogens with zero attached hydrogens (tertiary/aromatic N) is 1. The lowest BCUT2D eigenvalue weighted by atomic mass is 9.89. The quantitative estimate of drug-likeness (QED) is 0.452. The van der Waals surface area contributed by atoms with E-state index >= 15 is 0 Å². The van der Waals surface area contributed by atoms with Crippen molar-refractivity contribution in [3.63, 3.8) is 0 Å². The summed E-state index contributed by atoms with van der Waals surface area (Å²) in [5, 5.41) is 9.39. The van der Waals surface area contributed by atoms with Crippen molar-refractivity contribution < 1.29 is 32.2 Å². The van der Waals surface area contributed by atoms with Gasteiger partial charge in [0.25, 0.3) is 5.91 Å². The van der Waals surface area contributed by atoms with E-state index in [0.29, 0.717) is 16.1 Å². The van der Waals surface area contributed by atoms with Gasteiger partial charge in [-0.1, -0.05) is 35.3 Å². The predicted molar refractivity (Wildman–Crippen MR) is 135 cm³/mol. The maximum Gasteiger partial charge on any atom is 0.306 e. The van der Waals surface area contributed by atoms with Gasteiger partial charge in [-0.3, -0.25) is 9.59 Å². The fourth-order valence-corrected chi connectivity index (χ4v) is 5.75. The molecule has 0 aromatic heterocycles. The first-order valence-electron chi connectivity index (χ1n) is 11.4. The fraction of sp³-hybridized carbons (Fsp3) is 0.440. The van der Waals surface area contributed by atoms with E-state index in [9.17, 15) is 27.5 Å². The van der Waals surface area contributed by atoms with Crippen molar-refractivity contribution in [1.29, 1.82) is 0 Å². The normalized spacial score (nSPS) is 21.6. The van der Waals surface area contributed by atoms with E-state index in [1.165, 1.54) is 17.0 Å². The molecular formula is C25H28Cl2FNO6S. The molecule has 2 aromatic rings. The Labute approximate surface area is 220 Å². The molecule has 0 saturated carbocycles. The molecule has 1 aliphatic rings. The van der Waals surface area contributed by atoms with E-state index in [2.05, 4.69) is 0 Å². The molecular weight excluding hydrogens is 532 g/mol. The highest BCUT2D eigenvalue weighted by molar-refractivity contribution is 7.91. The Balaban J connectivity index is 2.13. The Hall–Kier alpha value is -2.20. The van der Waals surface area contributed by atoms with Gasteiger partial charge in [0.05, 0.1) is 23.5 Å². The molecule has 0 bridgehead atoms. The van der Waals surface area contributed by atoms with Crippen LogP contribution in [-0.2, 0) is 24.2 Å². The lowest BCUT2D eigenvalue weighted by Gasteiger charge is -2.47. The first-order valence-corrected chi connectivity index (χ1v) is 13.9. The number of carboxylic acids is 1. The third-order valence-electron chi connectivity index (χ3n) is 6.23. The van der Waals surface area contributed by atoms with Gasteiger partial charge in [0, 0.05) is 16.1 Å². The van der Waals surface area contributed by atoms with Crippen LogP contribution in [0.4, 0.5) is 4.39 Å². The SMILES string of the molecule is CC(C)S(=O)(=O)CC[C@H](C)N1C(=O)[C@H](CC(=O)O)O[C@H](c2cc(F)cc(Cl)c2)[C@H]1c1ccc(Cl)cc1. The Bertz CT molecular complexity index is 1200. The van der Waals surface area contributed by atoms with Crippen LogP contribution in [0.3, 0.4) is 0 Å². The van der Waals surface area contributed by atoms with E-state index < -0.39 is 63.5 Å². The lowest BCUT2D eigenvalue weighted by Crippen LogP contribution is -2.54. The molecule has 0 spiro atoms. The van der Waals surface area contributed by atoms with Crippen LogP contribution in [0.15, 0.2) is 42.5 Å². The molecule has 7 nitrogen and oxygen atoms in total. The van der Waals surface area contributed by atoms with E-state index in [-0.39, 0.29) is 17.2 Å². The highest BCUT2D eigenvalue weighted by atomic mass is 35.5. The van der Waals surface area contributed by atoms with Crippen molar-refractivity contribution in [2.45, 2.75) is 63.2 Å². The first kappa shape index (κ1) is 28.4. The number of morpholine rings is 1. The molecule has 2 aromatic carbocycles. The van der Waals surface area contributed by atoms with Crippen LogP contribution < -0.4 is 0 Å². The van der Waals surface area contributed by atoms with Crippen molar-refractivity contribution >= 4 is 44.9 Å². The number of halogens is 3. The maximum absolute atomic E-state index is 14.3. The van der Waals surface area contributed by atoms with Gasteiger partial charge in [-0.2, -0.15) is 0 Å². The molecule has 1 fully saturated rings. The first-order chi connectivity index (χ1) is 16.8. The van der Waals surface area contributed by atoms with Gasteiger partial charge in [-0.05, 0) is 68.7 Å². The number of rotatable bonds is 9. The predicted octanol–water partition coefficient (Wildman–Crippen LogP) is 5.22. The van der Waals surface area contributed by atoms with Crippen molar-refractivity contribution in [1.82, 2.24) is 4.90 Å².